The number of thioether (sulfide) groups is 1. The number of ether oxygens (including phenoxy) is 1. The average molecular weight is 500 g/mol. The Morgan fingerprint density at radius 2 is 2.17 bits per heavy atom. The van der Waals surface area contributed by atoms with Gasteiger partial charge in [0.15, 0.2) is 0 Å². The van der Waals surface area contributed by atoms with Crippen molar-refractivity contribution < 1.29 is 19.0 Å². The summed E-state index contributed by atoms with van der Waals surface area (Å²) in [7, 11) is 3.61. The van der Waals surface area contributed by atoms with E-state index in [4.69, 9.17) is 4.74 Å². The second-order valence-corrected chi connectivity index (χ2v) is 10.6. The monoisotopic (exact) mass is 499 g/mol. The molecule has 1 fully saturated rings. The Labute approximate surface area is 210 Å². The first kappa shape index (κ1) is 25.5. The van der Waals surface area contributed by atoms with Crippen LogP contribution in [0.5, 0.6) is 5.75 Å². The second-order valence-electron chi connectivity index (χ2n) is 9.40. The number of fused-ring (bicyclic) bond motifs is 1. The standard InChI is InChI=1S/C27H34FN3O3S/c1-30-11-9-22(18-30)35-14-13-31-12-8-19(20(17-31)15-27(32)33)3-5-25(28)23-7-10-29-26-6-4-21(34-2)16-24(23)26/h4,6-7,9-11,16,18-20,25H,3,5,8,12-15,17H2,1-2H3,(H,32,33)/t19-,20+,25?/m1/s1. The minimum Gasteiger partial charge on any atom is -0.497 e. The van der Waals surface area contributed by atoms with Gasteiger partial charge in [-0.1, -0.05) is 0 Å². The Kier molecular flexibility index (Phi) is 8.68. The number of methoxy groups -OCH3 is 1. The maximum Gasteiger partial charge on any atom is 0.303 e. The number of hydrogen-bond acceptors (Lipinski definition) is 5. The van der Waals surface area contributed by atoms with E-state index in [-0.39, 0.29) is 18.3 Å². The van der Waals surface area contributed by atoms with Gasteiger partial charge in [0.1, 0.15) is 11.9 Å². The molecule has 8 heteroatoms. The number of aliphatic carboxylic acids is 1. The SMILES string of the molecule is COc1ccc2nccc(C(F)CC[C@@H]3CCN(CCSc4ccn(C)c4)C[C@@H]3CC(=O)O)c2c1. The third-order valence-corrected chi connectivity index (χ3v) is 7.97. The summed E-state index contributed by atoms with van der Waals surface area (Å²) in [5.41, 5.74) is 1.37. The van der Waals surface area contributed by atoms with Gasteiger partial charge in [0.05, 0.1) is 12.6 Å². The Morgan fingerprint density at radius 1 is 1.31 bits per heavy atom. The lowest BCUT2D eigenvalue weighted by Gasteiger charge is -2.38. The van der Waals surface area contributed by atoms with E-state index in [1.54, 1.807) is 19.4 Å². The molecule has 0 spiro atoms. The molecular weight excluding hydrogens is 465 g/mol. The Balaban J connectivity index is 1.35. The average Bonchev–Trinajstić information content (AvgIpc) is 3.27. The van der Waals surface area contributed by atoms with E-state index in [1.165, 1.54) is 4.90 Å². The van der Waals surface area contributed by atoms with Gasteiger partial charge in [-0.15, -0.1) is 11.8 Å². The quantitative estimate of drug-likeness (QED) is 0.348. The molecular formula is C27H34FN3O3S. The zero-order chi connectivity index (χ0) is 24.8. The highest BCUT2D eigenvalue weighted by Gasteiger charge is 2.31. The molecule has 3 aromatic rings. The summed E-state index contributed by atoms with van der Waals surface area (Å²) < 4.78 is 22.8. The van der Waals surface area contributed by atoms with Crippen molar-refractivity contribution in [3.05, 3.63) is 54.5 Å². The summed E-state index contributed by atoms with van der Waals surface area (Å²) in [6, 6.07) is 9.37. The smallest absolute Gasteiger partial charge is 0.303 e. The van der Waals surface area contributed by atoms with E-state index in [9.17, 15) is 9.90 Å². The van der Waals surface area contributed by atoms with Crippen LogP contribution in [0, 0.1) is 11.8 Å². The Morgan fingerprint density at radius 3 is 2.91 bits per heavy atom. The molecule has 3 atom stereocenters. The van der Waals surface area contributed by atoms with Gasteiger partial charge in [0.25, 0.3) is 0 Å². The molecule has 3 heterocycles. The molecule has 1 N–H and O–H groups in total. The fourth-order valence-electron chi connectivity index (χ4n) is 5.11. The molecule has 0 saturated carbocycles. The lowest BCUT2D eigenvalue weighted by Crippen LogP contribution is -2.42. The van der Waals surface area contributed by atoms with Crippen LogP contribution in [0.15, 0.2) is 53.8 Å². The number of carboxylic acid groups (broad SMARTS) is 1. The summed E-state index contributed by atoms with van der Waals surface area (Å²) in [5.74, 6) is 1.14. The van der Waals surface area contributed by atoms with Crippen molar-refractivity contribution in [2.75, 3.05) is 32.5 Å². The number of benzene rings is 1. The van der Waals surface area contributed by atoms with Crippen LogP contribution in [-0.4, -0.2) is 58.0 Å². The van der Waals surface area contributed by atoms with Crippen molar-refractivity contribution in [1.82, 2.24) is 14.5 Å². The first-order chi connectivity index (χ1) is 16.9. The molecule has 1 aromatic carbocycles. The van der Waals surface area contributed by atoms with Crippen molar-refractivity contribution in [3.63, 3.8) is 0 Å². The highest BCUT2D eigenvalue weighted by molar-refractivity contribution is 7.99. The lowest BCUT2D eigenvalue weighted by atomic mass is 9.79. The summed E-state index contributed by atoms with van der Waals surface area (Å²) in [6.45, 7) is 2.63. The minimum absolute atomic E-state index is 0.0458. The number of nitrogens with zero attached hydrogens (tertiary/aromatic N) is 3. The number of hydrogen-bond donors (Lipinski definition) is 1. The molecule has 6 nitrogen and oxygen atoms in total. The molecule has 35 heavy (non-hydrogen) atoms. The maximum absolute atomic E-state index is 15.5. The van der Waals surface area contributed by atoms with E-state index in [0.717, 1.165) is 42.7 Å². The molecule has 1 aliphatic rings. The molecule has 1 aliphatic heterocycles. The van der Waals surface area contributed by atoms with E-state index in [2.05, 4.69) is 22.1 Å². The molecule has 1 saturated heterocycles. The van der Waals surface area contributed by atoms with Crippen molar-refractivity contribution in [1.29, 1.82) is 0 Å². The summed E-state index contributed by atoms with van der Waals surface area (Å²) in [4.78, 5) is 19.5. The number of piperidine rings is 1. The maximum atomic E-state index is 15.5. The van der Waals surface area contributed by atoms with Gasteiger partial charge in [-0.25, -0.2) is 4.39 Å². The Hall–Kier alpha value is -2.58. The number of alkyl halides is 1. The molecule has 1 unspecified atom stereocenters. The van der Waals surface area contributed by atoms with Crippen LogP contribution in [0.3, 0.4) is 0 Å². The Bertz CT molecular complexity index is 1140. The topological polar surface area (TPSA) is 67.6 Å². The summed E-state index contributed by atoms with van der Waals surface area (Å²) >= 11 is 1.82. The zero-order valence-electron chi connectivity index (χ0n) is 20.4. The number of rotatable bonds is 11. The van der Waals surface area contributed by atoms with Crippen LogP contribution in [-0.2, 0) is 11.8 Å². The number of pyridine rings is 1. The van der Waals surface area contributed by atoms with Crippen molar-refractivity contribution in [3.8, 4) is 5.75 Å². The fraction of sp³-hybridized carbons (Fsp3) is 0.481. The lowest BCUT2D eigenvalue weighted by molar-refractivity contribution is -0.139. The number of aromatic nitrogens is 2. The highest BCUT2D eigenvalue weighted by atomic mass is 32.2. The van der Waals surface area contributed by atoms with E-state index in [0.29, 0.717) is 24.2 Å². The van der Waals surface area contributed by atoms with Gasteiger partial charge in [-0.2, -0.15) is 0 Å². The minimum atomic E-state index is -1.13. The number of carbonyl (C=O) groups is 1. The molecule has 0 aliphatic carbocycles. The van der Waals surface area contributed by atoms with Crippen molar-refractivity contribution >= 4 is 28.6 Å². The largest absolute Gasteiger partial charge is 0.497 e. The van der Waals surface area contributed by atoms with E-state index >= 15 is 4.39 Å². The van der Waals surface area contributed by atoms with Gasteiger partial charge >= 0.3 is 5.97 Å². The number of aryl methyl sites for hydroxylation is 1. The van der Waals surface area contributed by atoms with Crippen molar-refractivity contribution in [2.45, 2.75) is 36.8 Å². The van der Waals surface area contributed by atoms with Gasteiger partial charge < -0.3 is 19.3 Å². The van der Waals surface area contributed by atoms with Crippen LogP contribution < -0.4 is 4.74 Å². The molecule has 188 valence electrons. The molecule has 2 aromatic heterocycles. The molecule has 4 rings (SSSR count). The van der Waals surface area contributed by atoms with Crippen LogP contribution in [0.2, 0.25) is 0 Å². The third kappa shape index (κ3) is 6.76. The summed E-state index contributed by atoms with van der Waals surface area (Å²) in [6.07, 6.45) is 6.78. The summed E-state index contributed by atoms with van der Waals surface area (Å²) in [5, 5.41) is 10.3. The van der Waals surface area contributed by atoms with Gasteiger partial charge in [-0.05, 0) is 73.5 Å². The number of carboxylic acids is 1. The van der Waals surface area contributed by atoms with E-state index < -0.39 is 12.1 Å². The van der Waals surface area contributed by atoms with Gasteiger partial charge in [0, 0.05) is 61.2 Å². The highest BCUT2D eigenvalue weighted by Crippen LogP contribution is 2.36. The van der Waals surface area contributed by atoms with Gasteiger partial charge in [0.2, 0.25) is 0 Å². The van der Waals surface area contributed by atoms with Crippen LogP contribution >= 0.6 is 11.8 Å². The zero-order valence-corrected chi connectivity index (χ0v) is 21.2. The normalized spacial score (nSPS) is 19.6. The first-order valence-corrected chi connectivity index (χ1v) is 13.2. The van der Waals surface area contributed by atoms with E-state index in [1.807, 2.05) is 47.8 Å². The molecule has 0 amide bonds. The van der Waals surface area contributed by atoms with Crippen LogP contribution in [0.1, 0.15) is 37.4 Å². The predicted molar refractivity (Wildman–Crippen MR) is 138 cm³/mol. The molecule has 0 radical (unpaired) electrons. The number of likely N-dealkylation sites (tertiary alicyclic amines) is 1. The third-order valence-electron chi connectivity index (χ3n) is 7.00. The number of halogens is 1. The van der Waals surface area contributed by atoms with Gasteiger partial charge in [-0.3, -0.25) is 9.78 Å². The molecule has 0 bridgehead atoms. The van der Waals surface area contributed by atoms with Crippen LogP contribution in [0.25, 0.3) is 10.9 Å². The predicted octanol–water partition coefficient (Wildman–Crippen LogP) is 5.58. The van der Waals surface area contributed by atoms with Crippen LogP contribution in [0.4, 0.5) is 4.39 Å². The first-order valence-electron chi connectivity index (χ1n) is 12.2. The van der Waals surface area contributed by atoms with Crippen molar-refractivity contribution in [2.24, 2.45) is 18.9 Å². The second kappa shape index (κ2) is 11.9. The fourth-order valence-corrected chi connectivity index (χ4v) is 6.10.